The van der Waals surface area contributed by atoms with Gasteiger partial charge >= 0.3 is 0 Å². The summed E-state index contributed by atoms with van der Waals surface area (Å²) in [5.41, 5.74) is 0.601. The summed E-state index contributed by atoms with van der Waals surface area (Å²) in [6.45, 7) is 4.79. The van der Waals surface area contributed by atoms with E-state index in [2.05, 4.69) is 25.1 Å². The molecule has 8 heteroatoms. The largest absolute Gasteiger partial charge is 0.425 e. The highest BCUT2D eigenvalue weighted by Crippen LogP contribution is 2.50. The first-order valence-electron chi connectivity index (χ1n) is 7.49. The molecule has 8 nitrogen and oxygen atoms in total. The van der Waals surface area contributed by atoms with Gasteiger partial charge in [-0.1, -0.05) is 11.6 Å². The number of carbonyl (C=O) groups excluding carboxylic acids is 1. The van der Waals surface area contributed by atoms with Gasteiger partial charge in [-0.05, 0) is 30.8 Å². The van der Waals surface area contributed by atoms with E-state index in [4.69, 9.17) is 4.42 Å². The molecule has 116 valence electrons. The zero-order chi connectivity index (χ0) is 15.3. The fourth-order valence-electron chi connectivity index (χ4n) is 3.87. The first kappa shape index (κ1) is 13.4. The Hall–Kier alpha value is -2.25. The lowest BCUT2D eigenvalue weighted by atomic mass is 9.80. The number of aryl methyl sites for hydroxylation is 2. The van der Waals surface area contributed by atoms with E-state index in [1.165, 1.54) is 0 Å². The molecule has 0 unspecified atom stereocenters. The molecule has 2 atom stereocenters. The number of likely N-dealkylation sites (tertiary alicyclic amines) is 1. The van der Waals surface area contributed by atoms with Gasteiger partial charge < -0.3 is 9.32 Å². The van der Waals surface area contributed by atoms with Gasteiger partial charge in [-0.25, -0.2) is 4.63 Å². The minimum absolute atomic E-state index is 0.135. The molecule has 0 N–H and O–H groups in total. The third-order valence-electron chi connectivity index (χ3n) is 4.97. The van der Waals surface area contributed by atoms with Crippen LogP contribution in [0.2, 0.25) is 0 Å². The Morgan fingerprint density at radius 1 is 1.32 bits per heavy atom. The SMILES string of the molecule is Cc1nnc([C@]23CCC[C@H]2CN(C(=O)c2nonc2C)C3)o1. The highest BCUT2D eigenvalue weighted by atomic mass is 16.6. The summed E-state index contributed by atoms with van der Waals surface area (Å²) in [7, 11) is 0. The van der Waals surface area contributed by atoms with Crippen LogP contribution in [-0.4, -0.2) is 44.4 Å². The highest BCUT2D eigenvalue weighted by Gasteiger charge is 2.55. The molecule has 4 rings (SSSR count). The van der Waals surface area contributed by atoms with Crippen LogP contribution in [0, 0.1) is 19.8 Å². The predicted molar refractivity (Wildman–Crippen MR) is 73.0 cm³/mol. The molecular formula is C14H17N5O3. The number of rotatable bonds is 2. The molecular weight excluding hydrogens is 286 g/mol. The van der Waals surface area contributed by atoms with Crippen LogP contribution >= 0.6 is 0 Å². The quantitative estimate of drug-likeness (QED) is 0.823. The summed E-state index contributed by atoms with van der Waals surface area (Å²) in [5, 5.41) is 15.6. The second kappa shape index (κ2) is 4.62. The van der Waals surface area contributed by atoms with Crippen LogP contribution in [0.25, 0.3) is 0 Å². The smallest absolute Gasteiger partial charge is 0.278 e. The Balaban J connectivity index is 1.65. The molecule has 1 amide bonds. The molecule has 0 aromatic carbocycles. The van der Waals surface area contributed by atoms with Crippen molar-refractivity contribution in [2.45, 2.75) is 38.5 Å². The normalized spacial score (nSPS) is 27.4. The molecule has 3 heterocycles. The van der Waals surface area contributed by atoms with Crippen molar-refractivity contribution in [2.24, 2.45) is 5.92 Å². The van der Waals surface area contributed by atoms with Crippen LogP contribution in [0.5, 0.6) is 0 Å². The van der Waals surface area contributed by atoms with Crippen molar-refractivity contribution in [3.05, 3.63) is 23.2 Å². The van der Waals surface area contributed by atoms with Gasteiger partial charge in [0.2, 0.25) is 11.8 Å². The second-order valence-corrected chi connectivity index (χ2v) is 6.26. The monoisotopic (exact) mass is 303 g/mol. The summed E-state index contributed by atoms with van der Waals surface area (Å²) < 4.78 is 10.4. The summed E-state index contributed by atoms with van der Waals surface area (Å²) in [6, 6.07) is 0. The van der Waals surface area contributed by atoms with E-state index < -0.39 is 0 Å². The average Bonchev–Trinajstić information content (AvgIpc) is 3.19. The number of hydrogen-bond acceptors (Lipinski definition) is 7. The molecule has 1 aliphatic carbocycles. The Kier molecular flexibility index (Phi) is 2.82. The second-order valence-electron chi connectivity index (χ2n) is 6.26. The standard InChI is InChI=1S/C14H17N5O3/c1-8-11(18-22-17-8)12(20)19-6-10-4-3-5-14(10,7-19)13-16-15-9(2)21-13/h10H,3-7H2,1-2H3/t10-,14-/m0/s1. The molecule has 1 saturated heterocycles. The third-order valence-corrected chi connectivity index (χ3v) is 4.97. The molecule has 1 aliphatic heterocycles. The van der Waals surface area contributed by atoms with E-state index in [1.807, 2.05) is 4.90 Å². The van der Waals surface area contributed by atoms with Crippen molar-refractivity contribution in [1.82, 2.24) is 25.4 Å². The zero-order valence-corrected chi connectivity index (χ0v) is 12.6. The molecule has 2 fully saturated rings. The van der Waals surface area contributed by atoms with Crippen LogP contribution in [0.1, 0.15) is 47.2 Å². The van der Waals surface area contributed by atoms with Crippen LogP contribution in [-0.2, 0) is 5.41 Å². The highest BCUT2D eigenvalue weighted by molar-refractivity contribution is 5.93. The van der Waals surface area contributed by atoms with E-state index in [1.54, 1.807) is 13.8 Å². The molecule has 0 bridgehead atoms. The first-order valence-corrected chi connectivity index (χ1v) is 7.49. The van der Waals surface area contributed by atoms with Gasteiger partial charge in [-0.2, -0.15) is 0 Å². The van der Waals surface area contributed by atoms with Crippen LogP contribution in [0.15, 0.2) is 9.05 Å². The first-order chi connectivity index (χ1) is 10.6. The van der Waals surface area contributed by atoms with Gasteiger partial charge in [-0.15, -0.1) is 10.2 Å². The average molecular weight is 303 g/mol. The summed E-state index contributed by atoms with van der Waals surface area (Å²) in [5.74, 6) is 1.45. The van der Waals surface area contributed by atoms with Crippen LogP contribution in [0.4, 0.5) is 0 Å². The van der Waals surface area contributed by atoms with Gasteiger partial charge in [0.25, 0.3) is 5.91 Å². The topological polar surface area (TPSA) is 98.2 Å². The Labute approximate surface area is 126 Å². The van der Waals surface area contributed by atoms with Crippen molar-refractivity contribution in [2.75, 3.05) is 13.1 Å². The van der Waals surface area contributed by atoms with Gasteiger partial charge in [0, 0.05) is 20.0 Å². The molecule has 0 spiro atoms. The number of fused-ring (bicyclic) bond motifs is 1. The van der Waals surface area contributed by atoms with E-state index in [-0.39, 0.29) is 17.0 Å². The maximum Gasteiger partial charge on any atom is 0.278 e. The van der Waals surface area contributed by atoms with Crippen LogP contribution in [0.3, 0.4) is 0 Å². The fraction of sp³-hybridized carbons (Fsp3) is 0.643. The van der Waals surface area contributed by atoms with E-state index in [9.17, 15) is 4.79 Å². The molecule has 2 aromatic heterocycles. The summed E-state index contributed by atoms with van der Waals surface area (Å²) >= 11 is 0. The molecule has 0 radical (unpaired) electrons. The maximum absolute atomic E-state index is 12.6. The summed E-state index contributed by atoms with van der Waals surface area (Å²) in [4.78, 5) is 14.5. The lowest BCUT2D eigenvalue weighted by Gasteiger charge is -2.24. The van der Waals surface area contributed by atoms with E-state index in [0.29, 0.717) is 36.5 Å². The Bertz CT molecular complexity index is 724. The Morgan fingerprint density at radius 2 is 2.18 bits per heavy atom. The van der Waals surface area contributed by atoms with Gasteiger partial charge in [-0.3, -0.25) is 4.79 Å². The number of aromatic nitrogens is 4. The van der Waals surface area contributed by atoms with Crippen molar-refractivity contribution < 1.29 is 13.8 Å². The molecule has 1 saturated carbocycles. The predicted octanol–water partition coefficient (Wildman–Crippen LogP) is 1.26. The number of amides is 1. The minimum atomic E-state index is -0.206. The van der Waals surface area contributed by atoms with Crippen molar-refractivity contribution in [3.8, 4) is 0 Å². The van der Waals surface area contributed by atoms with Crippen molar-refractivity contribution in [3.63, 3.8) is 0 Å². The van der Waals surface area contributed by atoms with Crippen LogP contribution < -0.4 is 0 Å². The minimum Gasteiger partial charge on any atom is -0.425 e. The number of carbonyl (C=O) groups is 1. The third kappa shape index (κ3) is 1.79. The summed E-state index contributed by atoms with van der Waals surface area (Å²) in [6.07, 6.45) is 3.17. The van der Waals surface area contributed by atoms with Crippen molar-refractivity contribution in [1.29, 1.82) is 0 Å². The maximum atomic E-state index is 12.6. The van der Waals surface area contributed by atoms with Gasteiger partial charge in [0.15, 0.2) is 5.69 Å². The van der Waals surface area contributed by atoms with Gasteiger partial charge in [0.05, 0.1) is 5.41 Å². The number of hydrogen-bond donors (Lipinski definition) is 0. The van der Waals surface area contributed by atoms with E-state index >= 15 is 0 Å². The Morgan fingerprint density at radius 3 is 2.86 bits per heavy atom. The number of nitrogens with zero attached hydrogens (tertiary/aromatic N) is 5. The molecule has 22 heavy (non-hydrogen) atoms. The molecule has 2 aromatic rings. The van der Waals surface area contributed by atoms with Crippen molar-refractivity contribution >= 4 is 5.91 Å². The van der Waals surface area contributed by atoms with E-state index in [0.717, 1.165) is 19.3 Å². The fourth-order valence-corrected chi connectivity index (χ4v) is 3.87. The molecule has 2 aliphatic rings. The zero-order valence-electron chi connectivity index (χ0n) is 12.6. The lowest BCUT2D eigenvalue weighted by Crippen LogP contribution is -2.35. The van der Waals surface area contributed by atoms with Gasteiger partial charge in [0.1, 0.15) is 5.69 Å². The lowest BCUT2D eigenvalue weighted by molar-refractivity contribution is 0.0764.